The maximum absolute atomic E-state index is 13.7. The van der Waals surface area contributed by atoms with Crippen LogP contribution in [0.15, 0.2) is 30.0 Å². The zero-order chi connectivity index (χ0) is 26.3. The minimum atomic E-state index is -2.65. The van der Waals surface area contributed by atoms with Crippen LogP contribution >= 0.6 is 0 Å². The third kappa shape index (κ3) is 3.00. The Kier molecular flexibility index (Phi) is 5.15. The number of ketones is 3. The summed E-state index contributed by atoms with van der Waals surface area (Å²) in [5, 5.41) is 34.1. The largest absolute Gasteiger partial charge is 0.507 e. The van der Waals surface area contributed by atoms with Crippen molar-refractivity contribution >= 4 is 34.7 Å². The lowest BCUT2D eigenvalue weighted by Crippen LogP contribution is -2.65. The van der Waals surface area contributed by atoms with Gasteiger partial charge in [-0.3, -0.25) is 19.2 Å². The molecule has 1 unspecified atom stereocenters. The second-order valence-electron chi connectivity index (χ2n) is 10.1. The third-order valence-electron chi connectivity index (χ3n) is 7.88. The van der Waals surface area contributed by atoms with Gasteiger partial charge >= 0.3 is 0 Å². The van der Waals surface area contributed by atoms with Crippen molar-refractivity contribution in [3.05, 3.63) is 41.1 Å². The standard InChI is InChI=1S/C26H27N3O7/c1-28(2)16-10-14(15-5-4-6-29(15)3)21(31)19-13(16)8-11-7-12-9-17(30)20(25(27)35)24(34)26(12,36)23(33)18(11)22(19)32/h4-6,10-12,20,31-32,36H,7-9H2,1-3H3,(H2,27,35)/t11-,12+,20?,26+/m1/s1. The number of aryl methyl sites for hydroxylation is 1. The number of aromatic nitrogens is 1. The molecule has 0 aliphatic heterocycles. The lowest BCUT2D eigenvalue weighted by atomic mass is 9.56. The van der Waals surface area contributed by atoms with E-state index in [1.54, 1.807) is 10.6 Å². The summed E-state index contributed by atoms with van der Waals surface area (Å²) in [6.07, 6.45) is 1.76. The molecular weight excluding hydrogens is 466 g/mol. The van der Waals surface area contributed by atoms with Crippen LogP contribution in [-0.4, -0.2) is 62.8 Å². The number of fused-ring (bicyclic) bond motifs is 3. The normalized spacial score (nSPS) is 27.4. The third-order valence-corrected chi connectivity index (χ3v) is 7.88. The van der Waals surface area contributed by atoms with Crippen LogP contribution < -0.4 is 10.6 Å². The number of phenols is 1. The molecule has 10 nitrogen and oxygen atoms in total. The molecule has 36 heavy (non-hydrogen) atoms. The Bertz CT molecular complexity index is 1400. The van der Waals surface area contributed by atoms with E-state index >= 15 is 0 Å². The van der Waals surface area contributed by atoms with Crippen LogP contribution in [0.25, 0.3) is 17.0 Å². The number of amides is 1. The first-order valence-electron chi connectivity index (χ1n) is 11.6. The highest BCUT2D eigenvalue weighted by molar-refractivity contribution is 6.31. The Morgan fingerprint density at radius 2 is 1.89 bits per heavy atom. The number of primary amides is 1. The van der Waals surface area contributed by atoms with Gasteiger partial charge in [-0.25, -0.2) is 0 Å². The second-order valence-corrected chi connectivity index (χ2v) is 10.1. The molecule has 1 aromatic heterocycles. The van der Waals surface area contributed by atoms with E-state index in [1.807, 2.05) is 44.4 Å². The highest BCUT2D eigenvalue weighted by Crippen LogP contribution is 2.53. The maximum Gasteiger partial charge on any atom is 0.235 e. The van der Waals surface area contributed by atoms with E-state index < -0.39 is 52.4 Å². The number of carbonyl (C=O) groups excluding carboxylic acids is 4. The molecule has 3 aliphatic carbocycles. The summed E-state index contributed by atoms with van der Waals surface area (Å²) in [4.78, 5) is 52.9. The Morgan fingerprint density at radius 1 is 1.19 bits per heavy atom. The number of phenolic OH excluding ortho intramolecular Hbond substituents is 1. The Labute approximate surface area is 206 Å². The van der Waals surface area contributed by atoms with E-state index in [0.717, 1.165) is 5.69 Å². The summed E-state index contributed by atoms with van der Waals surface area (Å²) in [6, 6.07) is 5.43. The number of hydrogen-bond donors (Lipinski definition) is 4. The molecule has 5 N–H and O–H groups in total. The van der Waals surface area contributed by atoms with Gasteiger partial charge in [-0.1, -0.05) is 0 Å². The molecule has 188 valence electrons. The molecule has 0 radical (unpaired) electrons. The molecule has 2 saturated carbocycles. The first-order chi connectivity index (χ1) is 16.9. The number of carbonyl (C=O) groups is 4. The van der Waals surface area contributed by atoms with Crippen molar-refractivity contribution in [2.75, 3.05) is 19.0 Å². The fourth-order valence-electron chi connectivity index (χ4n) is 6.13. The van der Waals surface area contributed by atoms with E-state index in [1.165, 1.54) is 0 Å². The number of anilines is 1. The van der Waals surface area contributed by atoms with Crippen molar-refractivity contribution in [3.8, 4) is 17.0 Å². The van der Waals surface area contributed by atoms with Crippen LogP contribution in [0.4, 0.5) is 5.69 Å². The van der Waals surface area contributed by atoms with Gasteiger partial charge in [-0.15, -0.1) is 0 Å². The molecule has 0 bridgehead atoms. The summed E-state index contributed by atoms with van der Waals surface area (Å²) in [6.45, 7) is 0. The van der Waals surface area contributed by atoms with Crippen LogP contribution in [-0.2, 0) is 32.6 Å². The van der Waals surface area contributed by atoms with E-state index in [-0.39, 0.29) is 36.1 Å². The van der Waals surface area contributed by atoms with Crippen molar-refractivity contribution in [1.82, 2.24) is 4.57 Å². The predicted molar refractivity (Wildman–Crippen MR) is 129 cm³/mol. The van der Waals surface area contributed by atoms with Gasteiger partial charge in [0.25, 0.3) is 0 Å². The van der Waals surface area contributed by atoms with E-state index in [9.17, 15) is 34.5 Å². The summed E-state index contributed by atoms with van der Waals surface area (Å²) < 4.78 is 1.80. The summed E-state index contributed by atoms with van der Waals surface area (Å²) in [5.41, 5.74) is 4.91. The first kappa shape index (κ1) is 23.8. The number of rotatable bonds is 3. The fraction of sp³-hybridized carbons (Fsp3) is 0.385. The number of nitrogens with zero attached hydrogens (tertiary/aromatic N) is 2. The number of nitrogens with two attached hydrogens (primary N) is 1. The average molecular weight is 494 g/mol. The van der Waals surface area contributed by atoms with Crippen molar-refractivity contribution < 1.29 is 34.5 Å². The Hall–Kier alpha value is -3.92. The van der Waals surface area contributed by atoms with E-state index in [4.69, 9.17) is 5.73 Å². The lowest BCUT2D eigenvalue weighted by molar-refractivity contribution is -0.169. The van der Waals surface area contributed by atoms with Gasteiger partial charge in [0.15, 0.2) is 23.1 Å². The molecular formula is C26H27N3O7. The van der Waals surface area contributed by atoms with Gasteiger partial charge in [0.2, 0.25) is 11.7 Å². The monoisotopic (exact) mass is 493 g/mol. The maximum atomic E-state index is 13.7. The number of aliphatic hydroxyl groups excluding tert-OH is 1. The van der Waals surface area contributed by atoms with E-state index in [2.05, 4.69) is 0 Å². The zero-order valence-corrected chi connectivity index (χ0v) is 20.1. The highest BCUT2D eigenvalue weighted by Gasteiger charge is 2.64. The molecule has 0 spiro atoms. The SMILES string of the molecule is CN(C)c1cc(-c2cccn2C)c(O)c2c1C[C@H]1C[C@H]3CC(=O)C(C(N)=O)C(=O)[C@@]3(O)C(=O)C1=C2O. The molecule has 10 heteroatoms. The van der Waals surface area contributed by atoms with Gasteiger partial charge in [-0.05, 0) is 42.5 Å². The quantitative estimate of drug-likeness (QED) is 0.458. The van der Waals surface area contributed by atoms with Crippen LogP contribution in [0, 0.1) is 17.8 Å². The first-order valence-corrected chi connectivity index (χ1v) is 11.6. The van der Waals surface area contributed by atoms with Crippen molar-refractivity contribution in [2.24, 2.45) is 30.5 Å². The number of Topliss-reactive ketones (excluding diaryl/α,β-unsaturated/α-hetero) is 3. The van der Waals surface area contributed by atoms with Crippen molar-refractivity contribution in [2.45, 2.75) is 24.9 Å². The molecule has 2 aromatic rings. The molecule has 1 amide bonds. The smallest absolute Gasteiger partial charge is 0.235 e. The number of aliphatic hydroxyl groups is 2. The van der Waals surface area contributed by atoms with Gasteiger partial charge in [-0.2, -0.15) is 0 Å². The van der Waals surface area contributed by atoms with Crippen LogP contribution in [0.5, 0.6) is 5.75 Å². The Balaban J connectivity index is 1.73. The summed E-state index contributed by atoms with van der Waals surface area (Å²) in [7, 11) is 5.46. The van der Waals surface area contributed by atoms with Gasteiger partial charge in [0.05, 0.1) is 11.3 Å². The molecule has 0 saturated heterocycles. The molecule has 3 aliphatic rings. The number of benzene rings is 1. The summed E-state index contributed by atoms with van der Waals surface area (Å²) >= 11 is 0. The van der Waals surface area contributed by atoms with Crippen molar-refractivity contribution in [1.29, 1.82) is 0 Å². The number of hydrogen-bond acceptors (Lipinski definition) is 8. The lowest BCUT2D eigenvalue weighted by Gasteiger charge is -2.46. The average Bonchev–Trinajstić information content (AvgIpc) is 3.21. The van der Waals surface area contributed by atoms with Gasteiger partial charge < -0.3 is 30.5 Å². The van der Waals surface area contributed by atoms with Crippen LogP contribution in [0.1, 0.15) is 24.0 Å². The van der Waals surface area contributed by atoms with Gasteiger partial charge in [0, 0.05) is 56.5 Å². The molecule has 1 heterocycles. The minimum Gasteiger partial charge on any atom is -0.507 e. The minimum absolute atomic E-state index is 0.0600. The van der Waals surface area contributed by atoms with Crippen LogP contribution in [0.3, 0.4) is 0 Å². The van der Waals surface area contributed by atoms with Gasteiger partial charge in [0.1, 0.15) is 11.5 Å². The molecule has 2 fully saturated rings. The van der Waals surface area contributed by atoms with E-state index in [0.29, 0.717) is 16.8 Å². The molecule has 4 atom stereocenters. The van der Waals surface area contributed by atoms with Crippen LogP contribution in [0.2, 0.25) is 0 Å². The molecule has 1 aromatic carbocycles. The molecule has 5 rings (SSSR count). The second kappa shape index (κ2) is 7.79. The van der Waals surface area contributed by atoms with Crippen molar-refractivity contribution in [3.63, 3.8) is 0 Å². The predicted octanol–water partition coefficient (Wildman–Crippen LogP) is 0.869. The topological polar surface area (TPSA) is 163 Å². The fourth-order valence-corrected chi connectivity index (χ4v) is 6.13. The Morgan fingerprint density at radius 3 is 2.47 bits per heavy atom. The summed E-state index contributed by atoms with van der Waals surface area (Å²) in [5.74, 6) is -8.54. The zero-order valence-electron chi connectivity index (χ0n) is 20.1. The number of aromatic hydroxyl groups is 1. The highest BCUT2D eigenvalue weighted by atomic mass is 16.3.